The summed E-state index contributed by atoms with van der Waals surface area (Å²) in [6.45, 7) is 1.87. The van der Waals surface area contributed by atoms with Crippen molar-refractivity contribution >= 4 is 21.5 Å². The monoisotopic (exact) mass is 246 g/mol. The van der Waals surface area contributed by atoms with Gasteiger partial charge in [-0.1, -0.05) is 13.3 Å². The van der Waals surface area contributed by atoms with Crippen molar-refractivity contribution in [2.45, 2.75) is 19.8 Å². The van der Waals surface area contributed by atoms with E-state index >= 15 is 0 Å². The zero-order chi connectivity index (χ0) is 12.6. The van der Waals surface area contributed by atoms with Crippen LogP contribution in [0.4, 0.5) is 11.4 Å². The van der Waals surface area contributed by atoms with Crippen molar-refractivity contribution in [3.63, 3.8) is 0 Å². The lowest BCUT2D eigenvalue weighted by Crippen LogP contribution is -2.02. The first kappa shape index (κ1) is 14.7. The molecule has 1 rings (SSSR count). The summed E-state index contributed by atoms with van der Waals surface area (Å²) < 4.78 is 28.0. The van der Waals surface area contributed by atoms with E-state index in [0.29, 0.717) is 6.42 Å². The van der Waals surface area contributed by atoms with Crippen molar-refractivity contribution in [1.29, 1.82) is 0 Å². The van der Waals surface area contributed by atoms with Gasteiger partial charge < -0.3 is 11.5 Å². The van der Waals surface area contributed by atoms with Crippen LogP contribution in [-0.2, 0) is 10.1 Å². The van der Waals surface area contributed by atoms with E-state index in [0.717, 1.165) is 17.8 Å². The summed E-state index contributed by atoms with van der Waals surface area (Å²) in [5.41, 5.74) is 12.2. The predicted molar refractivity (Wildman–Crippen MR) is 66.6 cm³/mol. The molecule has 0 saturated heterocycles. The van der Waals surface area contributed by atoms with E-state index in [1.165, 1.54) is 0 Å². The van der Waals surface area contributed by atoms with Gasteiger partial charge in [0.1, 0.15) is 0 Å². The molecule has 92 valence electrons. The lowest BCUT2D eigenvalue weighted by molar-refractivity contribution is 0.480. The van der Waals surface area contributed by atoms with Crippen molar-refractivity contribution in [3.05, 3.63) is 24.3 Å². The molecule has 0 radical (unpaired) electrons. The number of hydrogen-bond acceptors (Lipinski definition) is 4. The maximum Gasteiger partial charge on any atom is 0.264 e. The van der Waals surface area contributed by atoms with Crippen LogP contribution in [0.3, 0.4) is 0 Å². The molecule has 0 aliphatic rings. The molecule has 0 unspecified atom stereocenters. The minimum absolute atomic E-state index is 0.108. The Bertz CT molecular complexity index is 366. The first-order chi connectivity index (χ1) is 7.35. The van der Waals surface area contributed by atoms with Gasteiger partial charge in [-0.3, -0.25) is 4.55 Å². The average molecular weight is 246 g/mol. The Labute approximate surface area is 96.2 Å². The Kier molecular flexibility index (Phi) is 6.52. The number of unbranched alkanes of at least 4 members (excludes halogenated alkanes) is 1. The molecule has 0 saturated carbocycles. The van der Waals surface area contributed by atoms with E-state index in [4.69, 9.17) is 16.0 Å². The Morgan fingerprint density at radius 3 is 1.69 bits per heavy atom. The normalized spacial score (nSPS) is 10.4. The highest BCUT2D eigenvalue weighted by Gasteiger charge is 2.00. The number of nitrogens with two attached hydrogens (primary N) is 2. The Morgan fingerprint density at radius 1 is 1.12 bits per heavy atom. The fraction of sp³-hybridized carbons (Fsp3) is 0.400. The highest BCUT2D eigenvalue weighted by molar-refractivity contribution is 7.85. The standard InChI is InChI=1S/C6H8N2.C4H10O3S/c7-5-1-2-6(8)4-3-5;1-2-3-4-8(5,6)7/h1-4H,7-8H2;2-4H2,1H3,(H,5,6,7). The van der Waals surface area contributed by atoms with Crippen molar-refractivity contribution < 1.29 is 13.0 Å². The second-order valence-corrected chi connectivity index (χ2v) is 4.88. The fourth-order valence-corrected chi connectivity index (χ4v) is 1.48. The van der Waals surface area contributed by atoms with Gasteiger partial charge in [-0.25, -0.2) is 0 Å². The van der Waals surface area contributed by atoms with Gasteiger partial charge in [-0.2, -0.15) is 8.42 Å². The molecule has 0 aliphatic carbocycles. The van der Waals surface area contributed by atoms with Crippen molar-refractivity contribution in [1.82, 2.24) is 0 Å². The van der Waals surface area contributed by atoms with Crippen LogP contribution in [-0.4, -0.2) is 18.7 Å². The average Bonchev–Trinajstić information content (AvgIpc) is 2.19. The molecule has 0 amide bonds. The smallest absolute Gasteiger partial charge is 0.264 e. The van der Waals surface area contributed by atoms with Gasteiger partial charge in [0.05, 0.1) is 5.75 Å². The molecule has 16 heavy (non-hydrogen) atoms. The van der Waals surface area contributed by atoms with Crippen LogP contribution in [0.2, 0.25) is 0 Å². The molecule has 1 aromatic carbocycles. The third kappa shape index (κ3) is 9.29. The third-order valence-electron chi connectivity index (χ3n) is 1.69. The van der Waals surface area contributed by atoms with Gasteiger partial charge in [-0.15, -0.1) is 0 Å². The Morgan fingerprint density at radius 2 is 1.50 bits per heavy atom. The molecule has 1 aromatic rings. The highest BCUT2D eigenvalue weighted by atomic mass is 32.2. The second-order valence-electron chi connectivity index (χ2n) is 3.31. The summed E-state index contributed by atoms with van der Waals surface area (Å²) in [5, 5.41) is 0. The second kappa shape index (κ2) is 7.08. The third-order valence-corrected chi connectivity index (χ3v) is 2.50. The molecule has 6 heteroatoms. The van der Waals surface area contributed by atoms with Crippen LogP contribution in [0.5, 0.6) is 0 Å². The van der Waals surface area contributed by atoms with E-state index in [9.17, 15) is 8.42 Å². The highest BCUT2D eigenvalue weighted by Crippen LogP contribution is 2.04. The first-order valence-electron chi connectivity index (χ1n) is 4.91. The maximum atomic E-state index is 9.95. The molecule has 0 fully saturated rings. The van der Waals surface area contributed by atoms with Crippen LogP contribution in [0.25, 0.3) is 0 Å². The van der Waals surface area contributed by atoms with Crippen LogP contribution in [0.15, 0.2) is 24.3 Å². The minimum atomic E-state index is -3.69. The summed E-state index contributed by atoms with van der Waals surface area (Å²) in [4.78, 5) is 0. The molecule has 0 atom stereocenters. The van der Waals surface area contributed by atoms with Crippen LogP contribution >= 0.6 is 0 Å². The van der Waals surface area contributed by atoms with E-state index < -0.39 is 10.1 Å². The fourth-order valence-electron chi connectivity index (χ4n) is 0.823. The number of nitrogen functional groups attached to an aromatic ring is 2. The zero-order valence-corrected chi connectivity index (χ0v) is 10.1. The predicted octanol–water partition coefficient (Wildman–Crippen LogP) is 1.53. The van der Waals surface area contributed by atoms with Gasteiger partial charge in [0, 0.05) is 11.4 Å². The maximum absolute atomic E-state index is 9.95. The lowest BCUT2D eigenvalue weighted by Gasteiger charge is -1.90. The lowest BCUT2D eigenvalue weighted by atomic mass is 10.3. The summed E-state index contributed by atoms with van der Waals surface area (Å²) in [6, 6.07) is 7.09. The van der Waals surface area contributed by atoms with E-state index in [1.54, 1.807) is 24.3 Å². The summed E-state index contributed by atoms with van der Waals surface area (Å²) in [5.74, 6) is -0.108. The largest absolute Gasteiger partial charge is 0.399 e. The molecule has 0 bridgehead atoms. The van der Waals surface area contributed by atoms with E-state index in [1.807, 2.05) is 6.92 Å². The van der Waals surface area contributed by atoms with Crippen LogP contribution < -0.4 is 11.5 Å². The molecule has 5 nitrogen and oxygen atoms in total. The van der Waals surface area contributed by atoms with Crippen molar-refractivity contribution in [3.8, 4) is 0 Å². The van der Waals surface area contributed by atoms with Gasteiger partial charge in [-0.05, 0) is 30.7 Å². The Hall–Kier alpha value is -1.27. The van der Waals surface area contributed by atoms with E-state index in [-0.39, 0.29) is 5.75 Å². The van der Waals surface area contributed by atoms with E-state index in [2.05, 4.69) is 0 Å². The van der Waals surface area contributed by atoms with Gasteiger partial charge in [0.25, 0.3) is 10.1 Å². The molecule has 0 heterocycles. The van der Waals surface area contributed by atoms with Crippen molar-refractivity contribution in [2.75, 3.05) is 17.2 Å². The summed E-state index contributed by atoms with van der Waals surface area (Å²) in [6.07, 6.45) is 1.33. The number of anilines is 2. The van der Waals surface area contributed by atoms with Crippen LogP contribution in [0.1, 0.15) is 19.8 Å². The van der Waals surface area contributed by atoms with Gasteiger partial charge >= 0.3 is 0 Å². The number of benzene rings is 1. The molecule has 5 N–H and O–H groups in total. The van der Waals surface area contributed by atoms with Gasteiger partial charge in [0.2, 0.25) is 0 Å². The number of hydrogen-bond donors (Lipinski definition) is 3. The minimum Gasteiger partial charge on any atom is -0.399 e. The topological polar surface area (TPSA) is 106 Å². The van der Waals surface area contributed by atoms with Crippen LogP contribution in [0, 0.1) is 0 Å². The SMILES string of the molecule is CCCCS(=O)(=O)O.Nc1ccc(N)cc1. The molecular weight excluding hydrogens is 228 g/mol. The zero-order valence-electron chi connectivity index (χ0n) is 9.26. The summed E-state index contributed by atoms with van der Waals surface area (Å²) in [7, 11) is -3.69. The van der Waals surface area contributed by atoms with Crippen molar-refractivity contribution in [2.24, 2.45) is 0 Å². The molecule has 0 aliphatic heterocycles. The number of rotatable bonds is 3. The Balaban J connectivity index is 0.000000281. The molecular formula is C10H18N2O3S. The summed E-state index contributed by atoms with van der Waals surface area (Å²) >= 11 is 0. The van der Waals surface area contributed by atoms with Gasteiger partial charge in [0.15, 0.2) is 0 Å². The quantitative estimate of drug-likeness (QED) is 0.554. The molecule has 0 spiro atoms. The first-order valence-corrected chi connectivity index (χ1v) is 6.52. The molecule has 0 aromatic heterocycles.